The summed E-state index contributed by atoms with van der Waals surface area (Å²) in [6.07, 6.45) is 0. The second-order valence-corrected chi connectivity index (χ2v) is 5.91. The Morgan fingerprint density at radius 3 is 2.72 bits per heavy atom. The lowest BCUT2D eigenvalue weighted by Crippen LogP contribution is -2.07. The normalized spacial score (nSPS) is 10.1. The van der Waals surface area contributed by atoms with E-state index >= 15 is 0 Å². The Morgan fingerprint density at radius 1 is 1.33 bits per heavy atom. The number of hydrogen-bond donors (Lipinski definition) is 0. The predicted molar refractivity (Wildman–Crippen MR) is 69.5 cm³/mol. The topological polar surface area (TPSA) is 52.8 Å². The number of nitrogens with zero attached hydrogens (tertiary/aromatic N) is 4. The largest absolute Gasteiger partial charge is 0.353 e. The van der Waals surface area contributed by atoms with E-state index in [1.807, 2.05) is 25.1 Å². The van der Waals surface area contributed by atoms with Crippen LogP contribution < -0.4 is 4.90 Å². The van der Waals surface area contributed by atoms with Crippen molar-refractivity contribution in [2.45, 2.75) is 9.24 Å². The minimum atomic E-state index is -0.422. The van der Waals surface area contributed by atoms with E-state index in [0.717, 1.165) is 5.13 Å². The van der Waals surface area contributed by atoms with Crippen LogP contribution in [0, 0.1) is 17.1 Å². The van der Waals surface area contributed by atoms with Crippen molar-refractivity contribution in [2.24, 2.45) is 0 Å². The summed E-state index contributed by atoms with van der Waals surface area (Å²) in [6.45, 7) is 0. The van der Waals surface area contributed by atoms with E-state index in [1.165, 1.54) is 35.2 Å². The van der Waals surface area contributed by atoms with Crippen molar-refractivity contribution in [3.63, 3.8) is 0 Å². The van der Waals surface area contributed by atoms with Crippen molar-refractivity contribution in [1.82, 2.24) is 10.2 Å². The van der Waals surface area contributed by atoms with E-state index in [9.17, 15) is 4.39 Å². The van der Waals surface area contributed by atoms with Gasteiger partial charge in [-0.05, 0) is 18.2 Å². The molecule has 0 N–H and O–H groups in total. The van der Waals surface area contributed by atoms with Crippen molar-refractivity contribution in [3.05, 3.63) is 29.6 Å². The van der Waals surface area contributed by atoms with E-state index in [1.54, 1.807) is 6.07 Å². The number of benzene rings is 1. The zero-order chi connectivity index (χ0) is 13.1. The van der Waals surface area contributed by atoms with Gasteiger partial charge in [0.2, 0.25) is 5.13 Å². The predicted octanol–water partition coefficient (Wildman–Crippen LogP) is 2.77. The summed E-state index contributed by atoms with van der Waals surface area (Å²) in [5.41, 5.74) is 0.301. The summed E-state index contributed by atoms with van der Waals surface area (Å²) in [7, 11) is 3.76. The maximum atomic E-state index is 13.2. The molecule has 0 saturated carbocycles. The first-order chi connectivity index (χ1) is 8.58. The van der Waals surface area contributed by atoms with Gasteiger partial charge in [0, 0.05) is 19.0 Å². The van der Waals surface area contributed by atoms with Crippen LogP contribution in [0.1, 0.15) is 5.56 Å². The molecule has 4 nitrogen and oxygen atoms in total. The summed E-state index contributed by atoms with van der Waals surface area (Å²) in [6, 6.07) is 6.13. The highest BCUT2D eigenvalue weighted by molar-refractivity contribution is 8.01. The van der Waals surface area contributed by atoms with E-state index < -0.39 is 5.82 Å². The molecule has 7 heteroatoms. The SMILES string of the molecule is CN(C)c1nnc(Sc2cc(F)cc(C#N)c2)s1. The molecule has 0 aliphatic rings. The molecule has 2 aromatic rings. The Kier molecular flexibility index (Phi) is 3.79. The van der Waals surface area contributed by atoms with Crippen LogP contribution in [0.2, 0.25) is 0 Å². The van der Waals surface area contributed by atoms with Crippen LogP contribution >= 0.6 is 23.1 Å². The Hall–Kier alpha value is -1.65. The molecule has 0 aliphatic carbocycles. The first kappa shape index (κ1) is 12.8. The average molecular weight is 280 g/mol. The number of rotatable bonds is 3. The maximum Gasteiger partial charge on any atom is 0.208 e. The molecule has 1 aromatic carbocycles. The first-order valence-corrected chi connectivity index (χ1v) is 6.61. The number of nitriles is 1. The van der Waals surface area contributed by atoms with Gasteiger partial charge in [-0.25, -0.2) is 4.39 Å². The van der Waals surface area contributed by atoms with Crippen molar-refractivity contribution >= 4 is 28.2 Å². The zero-order valence-electron chi connectivity index (χ0n) is 9.72. The minimum Gasteiger partial charge on any atom is -0.353 e. The fourth-order valence-corrected chi connectivity index (χ4v) is 3.03. The van der Waals surface area contributed by atoms with E-state index in [-0.39, 0.29) is 0 Å². The molecule has 2 rings (SSSR count). The van der Waals surface area contributed by atoms with E-state index in [4.69, 9.17) is 5.26 Å². The average Bonchev–Trinajstić information content (AvgIpc) is 2.76. The van der Waals surface area contributed by atoms with Gasteiger partial charge in [0.05, 0.1) is 11.6 Å². The van der Waals surface area contributed by atoms with Crippen LogP contribution in [0.4, 0.5) is 9.52 Å². The Bertz CT molecular complexity index is 603. The van der Waals surface area contributed by atoms with Gasteiger partial charge >= 0.3 is 0 Å². The van der Waals surface area contributed by atoms with Gasteiger partial charge in [-0.15, -0.1) is 10.2 Å². The van der Waals surface area contributed by atoms with E-state index in [2.05, 4.69) is 10.2 Å². The van der Waals surface area contributed by atoms with Gasteiger partial charge in [-0.3, -0.25) is 0 Å². The lowest BCUT2D eigenvalue weighted by Gasteiger charge is -2.03. The number of hydrogen-bond acceptors (Lipinski definition) is 6. The number of anilines is 1. The van der Waals surface area contributed by atoms with Crippen molar-refractivity contribution < 1.29 is 4.39 Å². The molecule has 0 fully saturated rings. The molecule has 0 atom stereocenters. The maximum absolute atomic E-state index is 13.2. The number of aromatic nitrogens is 2. The summed E-state index contributed by atoms with van der Waals surface area (Å²) in [5.74, 6) is -0.422. The third kappa shape index (κ3) is 2.97. The molecule has 92 valence electrons. The van der Waals surface area contributed by atoms with Gasteiger partial charge in [-0.1, -0.05) is 23.1 Å². The lowest BCUT2D eigenvalue weighted by atomic mass is 10.2. The van der Waals surface area contributed by atoms with Crippen LogP contribution in [0.25, 0.3) is 0 Å². The molecule has 0 unspecified atom stereocenters. The van der Waals surface area contributed by atoms with Crippen molar-refractivity contribution in [1.29, 1.82) is 5.26 Å². The van der Waals surface area contributed by atoms with Crippen LogP contribution in [-0.4, -0.2) is 24.3 Å². The van der Waals surface area contributed by atoms with Gasteiger partial charge in [-0.2, -0.15) is 5.26 Å². The van der Waals surface area contributed by atoms with Gasteiger partial charge in [0.25, 0.3) is 0 Å². The first-order valence-electron chi connectivity index (χ1n) is 4.98. The molecular weight excluding hydrogens is 271 g/mol. The Morgan fingerprint density at radius 2 is 2.11 bits per heavy atom. The van der Waals surface area contributed by atoms with Gasteiger partial charge in [0.15, 0.2) is 4.34 Å². The highest BCUT2D eigenvalue weighted by Crippen LogP contribution is 2.33. The summed E-state index contributed by atoms with van der Waals surface area (Å²) in [4.78, 5) is 2.50. The third-order valence-corrected chi connectivity index (χ3v) is 4.10. The van der Waals surface area contributed by atoms with Crippen molar-refractivity contribution in [3.8, 4) is 6.07 Å². The van der Waals surface area contributed by atoms with Crippen LogP contribution in [0.5, 0.6) is 0 Å². The molecule has 0 spiro atoms. The van der Waals surface area contributed by atoms with Gasteiger partial charge in [0.1, 0.15) is 5.82 Å². The minimum absolute atomic E-state index is 0.301. The molecular formula is C11H9FN4S2. The lowest BCUT2D eigenvalue weighted by molar-refractivity contribution is 0.623. The monoisotopic (exact) mass is 280 g/mol. The summed E-state index contributed by atoms with van der Waals surface area (Å²) in [5, 5.41) is 17.6. The molecule has 1 heterocycles. The highest BCUT2D eigenvalue weighted by Gasteiger charge is 2.09. The smallest absolute Gasteiger partial charge is 0.208 e. The molecule has 0 amide bonds. The molecule has 0 saturated heterocycles. The fourth-order valence-electron chi connectivity index (χ4n) is 1.21. The quantitative estimate of drug-likeness (QED) is 0.865. The van der Waals surface area contributed by atoms with E-state index in [0.29, 0.717) is 14.8 Å². The molecule has 0 radical (unpaired) electrons. The molecule has 18 heavy (non-hydrogen) atoms. The van der Waals surface area contributed by atoms with Crippen LogP contribution in [0.3, 0.4) is 0 Å². The van der Waals surface area contributed by atoms with Crippen LogP contribution in [0.15, 0.2) is 27.4 Å². The Labute approximate surface area is 112 Å². The zero-order valence-corrected chi connectivity index (χ0v) is 11.3. The molecule has 0 aliphatic heterocycles. The number of halogens is 1. The highest BCUT2D eigenvalue weighted by atomic mass is 32.2. The van der Waals surface area contributed by atoms with Gasteiger partial charge < -0.3 is 4.90 Å². The van der Waals surface area contributed by atoms with Crippen molar-refractivity contribution in [2.75, 3.05) is 19.0 Å². The standard InChI is InChI=1S/C11H9FN4S2/c1-16(2)10-14-15-11(18-10)17-9-4-7(6-13)3-8(12)5-9/h3-5H,1-2H3. The second-order valence-electron chi connectivity index (χ2n) is 3.63. The van der Waals surface area contributed by atoms with Crippen LogP contribution in [-0.2, 0) is 0 Å². The summed E-state index contributed by atoms with van der Waals surface area (Å²) >= 11 is 2.71. The fraction of sp³-hybridized carbons (Fsp3) is 0.182. The Balaban J connectivity index is 2.23. The summed E-state index contributed by atoms with van der Waals surface area (Å²) < 4.78 is 14.0. The third-order valence-electron chi connectivity index (χ3n) is 1.98. The molecule has 1 aromatic heterocycles. The molecule has 0 bridgehead atoms. The second kappa shape index (κ2) is 5.33.